The van der Waals surface area contributed by atoms with Gasteiger partial charge in [0.25, 0.3) is 0 Å². The molecule has 4 rings (SSSR count). The van der Waals surface area contributed by atoms with E-state index in [0.29, 0.717) is 13.0 Å². The first kappa shape index (κ1) is 22.8. The summed E-state index contributed by atoms with van der Waals surface area (Å²) in [6.07, 6.45) is 0.641. The van der Waals surface area contributed by atoms with Gasteiger partial charge in [0, 0.05) is 35.4 Å². The van der Waals surface area contributed by atoms with Gasteiger partial charge in [0.05, 0.1) is 36.0 Å². The largest absolute Gasteiger partial charge is 0.497 e. The Kier molecular flexibility index (Phi) is 6.55. The van der Waals surface area contributed by atoms with E-state index >= 15 is 0 Å². The molecule has 0 saturated carbocycles. The molecule has 1 atom stereocenters. The highest BCUT2D eigenvalue weighted by molar-refractivity contribution is 7.91. The van der Waals surface area contributed by atoms with E-state index in [-0.39, 0.29) is 17.5 Å². The van der Waals surface area contributed by atoms with Gasteiger partial charge in [-0.1, -0.05) is 0 Å². The third kappa shape index (κ3) is 5.13. The third-order valence-electron chi connectivity index (χ3n) is 5.78. The van der Waals surface area contributed by atoms with Crippen molar-refractivity contribution in [2.24, 2.45) is 0 Å². The van der Waals surface area contributed by atoms with Crippen LogP contribution in [0.4, 0.5) is 10.8 Å². The summed E-state index contributed by atoms with van der Waals surface area (Å²) in [7, 11) is 0.771. The molecule has 0 amide bonds. The normalized spacial score (nSPS) is 17.7. The zero-order valence-corrected chi connectivity index (χ0v) is 20.5. The maximum Gasteiger partial charge on any atom is 0.187 e. The summed E-state index contributed by atoms with van der Waals surface area (Å²) in [5, 5.41) is 10.9. The standard InChI is InChI=1S/C22H29N5O3S2/c1-15-21(16(2)27(25-15)19-9-10-32(28,29)14-19)12-26(3)11-18-13-31-22(24-18)23-17-5-7-20(30-4)8-6-17/h5-8,13,19H,9-12,14H2,1-4H3,(H,23,24)/t19-/m1/s1. The van der Waals surface area contributed by atoms with Gasteiger partial charge in [-0.25, -0.2) is 13.4 Å². The van der Waals surface area contributed by atoms with Crippen molar-refractivity contribution in [1.82, 2.24) is 19.7 Å². The molecule has 2 aromatic heterocycles. The lowest BCUT2D eigenvalue weighted by atomic mass is 10.1. The van der Waals surface area contributed by atoms with Gasteiger partial charge in [-0.2, -0.15) is 5.10 Å². The lowest BCUT2D eigenvalue weighted by Crippen LogP contribution is -2.19. The lowest BCUT2D eigenvalue weighted by molar-refractivity contribution is 0.314. The number of aryl methyl sites for hydroxylation is 1. The summed E-state index contributed by atoms with van der Waals surface area (Å²) >= 11 is 1.58. The molecule has 0 spiro atoms. The maximum atomic E-state index is 11.9. The zero-order valence-electron chi connectivity index (χ0n) is 18.8. The molecule has 1 N–H and O–H groups in total. The van der Waals surface area contributed by atoms with E-state index in [1.807, 2.05) is 42.8 Å². The quantitative estimate of drug-likeness (QED) is 0.531. The molecule has 8 nitrogen and oxygen atoms in total. The Morgan fingerprint density at radius 2 is 2.00 bits per heavy atom. The topological polar surface area (TPSA) is 89.3 Å². The second-order valence-corrected chi connectivity index (χ2v) is 11.4. The Balaban J connectivity index is 1.38. The summed E-state index contributed by atoms with van der Waals surface area (Å²) in [5.41, 5.74) is 5.13. The van der Waals surface area contributed by atoms with Crippen molar-refractivity contribution in [3.05, 3.63) is 52.3 Å². The van der Waals surface area contributed by atoms with Gasteiger partial charge < -0.3 is 10.1 Å². The molecule has 10 heteroatoms. The Labute approximate surface area is 193 Å². The van der Waals surface area contributed by atoms with Gasteiger partial charge in [0.2, 0.25) is 0 Å². The van der Waals surface area contributed by atoms with Crippen molar-refractivity contribution in [3.8, 4) is 5.75 Å². The first-order valence-corrected chi connectivity index (χ1v) is 13.2. The molecule has 32 heavy (non-hydrogen) atoms. The molecule has 1 aromatic carbocycles. The van der Waals surface area contributed by atoms with Crippen LogP contribution in [0.2, 0.25) is 0 Å². The summed E-state index contributed by atoms with van der Waals surface area (Å²) in [6, 6.07) is 7.70. The highest BCUT2D eigenvalue weighted by Gasteiger charge is 2.31. The average molecular weight is 476 g/mol. The van der Waals surface area contributed by atoms with E-state index < -0.39 is 9.84 Å². The number of nitrogens with one attached hydrogen (secondary N) is 1. The van der Waals surface area contributed by atoms with Gasteiger partial charge in [0.1, 0.15) is 5.75 Å². The smallest absolute Gasteiger partial charge is 0.187 e. The molecule has 3 heterocycles. The van der Waals surface area contributed by atoms with Crippen molar-refractivity contribution in [2.45, 2.75) is 39.4 Å². The number of anilines is 2. The van der Waals surface area contributed by atoms with Gasteiger partial charge >= 0.3 is 0 Å². The minimum atomic E-state index is -2.94. The van der Waals surface area contributed by atoms with Crippen LogP contribution in [0.25, 0.3) is 0 Å². The van der Waals surface area contributed by atoms with Gasteiger partial charge in [-0.3, -0.25) is 9.58 Å². The van der Waals surface area contributed by atoms with Gasteiger partial charge in [-0.15, -0.1) is 11.3 Å². The zero-order chi connectivity index (χ0) is 22.9. The van der Waals surface area contributed by atoms with E-state index in [0.717, 1.165) is 45.8 Å². The number of benzene rings is 1. The van der Waals surface area contributed by atoms with Crippen molar-refractivity contribution in [3.63, 3.8) is 0 Å². The number of rotatable bonds is 8. The number of nitrogens with zero attached hydrogens (tertiary/aromatic N) is 4. The Morgan fingerprint density at radius 1 is 1.25 bits per heavy atom. The van der Waals surface area contributed by atoms with Crippen LogP contribution >= 0.6 is 11.3 Å². The molecule has 0 bridgehead atoms. The molecular formula is C22H29N5O3S2. The molecule has 0 radical (unpaired) electrons. The minimum Gasteiger partial charge on any atom is -0.497 e. The molecule has 1 aliphatic rings. The monoisotopic (exact) mass is 475 g/mol. The molecule has 0 unspecified atom stereocenters. The molecule has 172 valence electrons. The second-order valence-electron chi connectivity index (χ2n) is 8.32. The predicted molar refractivity (Wildman–Crippen MR) is 128 cm³/mol. The fraction of sp³-hybridized carbons (Fsp3) is 0.455. The molecule has 1 saturated heterocycles. The number of methoxy groups -OCH3 is 1. The van der Waals surface area contributed by atoms with E-state index in [1.165, 1.54) is 0 Å². The number of aromatic nitrogens is 3. The highest BCUT2D eigenvalue weighted by atomic mass is 32.2. The average Bonchev–Trinajstić information content (AvgIpc) is 3.42. The SMILES string of the molecule is COc1ccc(Nc2nc(CN(C)Cc3c(C)nn([C@@H]4CCS(=O)(=O)C4)c3C)cs2)cc1. The fourth-order valence-corrected chi connectivity index (χ4v) is 6.50. The van der Waals surface area contributed by atoms with Crippen LogP contribution in [-0.4, -0.2) is 53.7 Å². The molecule has 3 aromatic rings. The molecule has 1 fully saturated rings. The number of thiazole rings is 1. The Hall–Kier alpha value is -2.43. The number of hydrogen-bond acceptors (Lipinski definition) is 8. The second kappa shape index (κ2) is 9.21. The predicted octanol–water partition coefficient (Wildman–Crippen LogP) is 3.70. The maximum absolute atomic E-state index is 11.9. The Morgan fingerprint density at radius 3 is 2.66 bits per heavy atom. The van der Waals surface area contributed by atoms with Crippen molar-refractivity contribution in [1.29, 1.82) is 0 Å². The first-order chi connectivity index (χ1) is 15.2. The first-order valence-electron chi connectivity index (χ1n) is 10.5. The van der Waals surface area contributed by atoms with E-state index in [4.69, 9.17) is 9.72 Å². The van der Waals surface area contributed by atoms with Gasteiger partial charge in [-0.05, 0) is 51.6 Å². The molecular weight excluding hydrogens is 446 g/mol. The Bertz CT molecular complexity index is 1180. The van der Waals surface area contributed by atoms with Gasteiger partial charge in [0.15, 0.2) is 15.0 Å². The van der Waals surface area contributed by atoms with Crippen LogP contribution in [0.1, 0.15) is 35.1 Å². The fourth-order valence-electron chi connectivity index (χ4n) is 4.09. The minimum absolute atomic E-state index is 0.0529. The van der Waals surface area contributed by atoms with E-state index in [1.54, 1.807) is 18.4 Å². The number of sulfone groups is 1. The van der Waals surface area contributed by atoms with E-state index in [9.17, 15) is 8.42 Å². The summed E-state index contributed by atoms with van der Waals surface area (Å²) < 4.78 is 30.9. The summed E-state index contributed by atoms with van der Waals surface area (Å²) in [4.78, 5) is 6.91. The van der Waals surface area contributed by atoms with Crippen LogP contribution in [0.5, 0.6) is 5.75 Å². The van der Waals surface area contributed by atoms with Crippen molar-refractivity contribution >= 4 is 32.0 Å². The lowest BCUT2D eigenvalue weighted by Gasteiger charge is -2.16. The summed E-state index contributed by atoms with van der Waals surface area (Å²) in [5.74, 6) is 1.26. The molecule has 1 aliphatic heterocycles. The molecule has 0 aliphatic carbocycles. The highest BCUT2D eigenvalue weighted by Crippen LogP contribution is 2.28. The number of hydrogen-bond donors (Lipinski definition) is 1. The van der Waals surface area contributed by atoms with E-state index in [2.05, 4.69) is 27.7 Å². The number of ether oxygens (including phenoxy) is 1. The van der Waals surface area contributed by atoms with Crippen LogP contribution in [0.3, 0.4) is 0 Å². The van der Waals surface area contributed by atoms with Crippen molar-refractivity contribution in [2.75, 3.05) is 31.0 Å². The third-order valence-corrected chi connectivity index (χ3v) is 8.34. The van der Waals surface area contributed by atoms with Crippen molar-refractivity contribution < 1.29 is 13.2 Å². The van der Waals surface area contributed by atoms with Crippen LogP contribution in [-0.2, 0) is 22.9 Å². The van der Waals surface area contributed by atoms with Crippen LogP contribution < -0.4 is 10.1 Å². The van der Waals surface area contributed by atoms with Crippen LogP contribution in [0.15, 0.2) is 29.6 Å². The summed E-state index contributed by atoms with van der Waals surface area (Å²) in [6.45, 7) is 5.47. The van der Waals surface area contributed by atoms with Crippen LogP contribution in [0, 0.1) is 13.8 Å².